The van der Waals surface area contributed by atoms with Crippen molar-refractivity contribution in [1.82, 2.24) is 4.90 Å². The number of hydrogen-bond donors (Lipinski definition) is 2. The summed E-state index contributed by atoms with van der Waals surface area (Å²) < 4.78 is 22.4. The highest BCUT2D eigenvalue weighted by molar-refractivity contribution is 6.35. The van der Waals surface area contributed by atoms with Crippen molar-refractivity contribution in [2.75, 3.05) is 34.4 Å². The van der Waals surface area contributed by atoms with Crippen LogP contribution >= 0.6 is 11.6 Å². The lowest BCUT2D eigenvalue weighted by molar-refractivity contribution is -0.132. The number of ether oxygens (including phenoxy) is 4. The third-order valence-electron chi connectivity index (χ3n) is 8.55. The molecule has 2 aromatic carbocycles. The molecule has 3 atom stereocenters. The van der Waals surface area contributed by atoms with Crippen molar-refractivity contribution in [3.8, 4) is 28.7 Å². The summed E-state index contributed by atoms with van der Waals surface area (Å²) in [6.07, 6.45) is 2.50. The van der Waals surface area contributed by atoms with Gasteiger partial charge in [-0.2, -0.15) is 0 Å². The molecule has 0 aromatic heterocycles. The van der Waals surface area contributed by atoms with E-state index in [4.69, 9.17) is 30.5 Å². The highest BCUT2D eigenvalue weighted by Crippen LogP contribution is 2.56. The molecule has 2 aliphatic heterocycles. The van der Waals surface area contributed by atoms with E-state index in [-0.39, 0.29) is 63.7 Å². The van der Waals surface area contributed by atoms with Gasteiger partial charge in [0.1, 0.15) is 22.1 Å². The molecular formula is C31H34ClNO9. The van der Waals surface area contributed by atoms with Crippen molar-refractivity contribution in [1.29, 1.82) is 0 Å². The lowest BCUT2D eigenvalue weighted by Gasteiger charge is -2.39. The summed E-state index contributed by atoms with van der Waals surface area (Å²) in [5.74, 6) is -3.19. The normalized spacial score (nSPS) is 22.6. The number of amides is 1. The van der Waals surface area contributed by atoms with Gasteiger partial charge in [-0.25, -0.2) is 0 Å². The minimum absolute atomic E-state index is 0.0165. The van der Waals surface area contributed by atoms with Crippen LogP contribution in [-0.4, -0.2) is 72.6 Å². The second-order valence-corrected chi connectivity index (χ2v) is 11.3. The summed E-state index contributed by atoms with van der Waals surface area (Å²) in [4.78, 5) is 43.3. The smallest absolute Gasteiger partial charge is 0.231 e. The summed E-state index contributed by atoms with van der Waals surface area (Å²) in [5.41, 5.74) is -1.60. The number of rotatable bonds is 7. The number of carbonyl (C=O) groups is 3. The van der Waals surface area contributed by atoms with Crippen molar-refractivity contribution in [3.05, 3.63) is 51.7 Å². The van der Waals surface area contributed by atoms with Crippen LogP contribution in [0.15, 0.2) is 35.6 Å². The first-order valence-corrected chi connectivity index (χ1v) is 14.3. The summed E-state index contributed by atoms with van der Waals surface area (Å²) >= 11 is 6.56. The molecule has 1 fully saturated rings. The van der Waals surface area contributed by atoms with Gasteiger partial charge in [-0.05, 0) is 37.0 Å². The lowest BCUT2D eigenvalue weighted by Crippen LogP contribution is -2.53. The van der Waals surface area contributed by atoms with E-state index in [0.717, 1.165) is 19.3 Å². The fourth-order valence-electron chi connectivity index (χ4n) is 6.28. The van der Waals surface area contributed by atoms with Crippen LogP contribution in [0.5, 0.6) is 28.7 Å². The van der Waals surface area contributed by atoms with Gasteiger partial charge in [-0.15, -0.1) is 0 Å². The van der Waals surface area contributed by atoms with Gasteiger partial charge in [-0.1, -0.05) is 24.6 Å². The number of phenolic OH excluding ortho intramolecular Hbond substituents is 1. The lowest BCUT2D eigenvalue weighted by atomic mass is 9.69. The maximum atomic E-state index is 14.2. The number of hydrogen-bond acceptors (Lipinski definition) is 9. The maximum Gasteiger partial charge on any atom is 0.231 e. The number of fused-ring (bicyclic) bond motifs is 1. The van der Waals surface area contributed by atoms with Crippen LogP contribution in [0.25, 0.3) is 0 Å². The van der Waals surface area contributed by atoms with Crippen molar-refractivity contribution in [2.45, 2.75) is 50.5 Å². The second-order valence-electron chi connectivity index (χ2n) is 10.9. The molecule has 3 aliphatic rings. The third-order valence-corrected chi connectivity index (χ3v) is 8.91. The van der Waals surface area contributed by atoms with Crippen molar-refractivity contribution < 1.29 is 43.5 Å². The van der Waals surface area contributed by atoms with Crippen LogP contribution in [0.4, 0.5) is 0 Å². The Bertz CT molecular complexity index is 1480. The number of aromatic hydroxyl groups is 1. The molecule has 3 unspecified atom stereocenters. The number of methoxy groups -OCH3 is 3. The molecule has 11 heteroatoms. The summed E-state index contributed by atoms with van der Waals surface area (Å²) in [6, 6.07) is 5.96. The molecule has 1 aliphatic carbocycles. The zero-order valence-corrected chi connectivity index (χ0v) is 24.7. The molecule has 0 radical (unpaired) electrons. The average Bonchev–Trinajstić information content (AvgIpc) is 3.31. The molecule has 42 heavy (non-hydrogen) atoms. The minimum Gasteiger partial charge on any atom is -0.507 e. The van der Waals surface area contributed by atoms with Gasteiger partial charge in [-0.3, -0.25) is 14.4 Å². The molecule has 2 heterocycles. The van der Waals surface area contributed by atoms with Gasteiger partial charge < -0.3 is 34.1 Å². The topological polar surface area (TPSA) is 132 Å². The van der Waals surface area contributed by atoms with Gasteiger partial charge >= 0.3 is 0 Å². The third kappa shape index (κ3) is 4.62. The molecule has 10 nitrogen and oxygen atoms in total. The SMILES string of the molecule is COc1cc(C(CC(=O)N2CCCCC2)C2=C(O)C3(Oc4c(Cl)c(OC)cc(OC)c4C3=O)C(C)CC2=O)ccc1O. The number of halogens is 1. The number of phenols is 1. The fourth-order valence-corrected chi connectivity index (χ4v) is 6.55. The van der Waals surface area contributed by atoms with E-state index >= 15 is 0 Å². The first-order chi connectivity index (χ1) is 20.1. The second kappa shape index (κ2) is 11.4. The Balaban J connectivity index is 1.68. The van der Waals surface area contributed by atoms with E-state index in [9.17, 15) is 24.6 Å². The molecule has 2 N–H and O–H groups in total. The van der Waals surface area contributed by atoms with Gasteiger partial charge in [0.05, 0.1) is 21.3 Å². The van der Waals surface area contributed by atoms with E-state index in [2.05, 4.69) is 0 Å². The van der Waals surface area contributed by atoms with Gasteiger partial charge in [0.15, 0.2) is 28.8 Å². The Morgan fingerprint density at radius 1 is 1.05 bits per heavy atom. The van der Waals surface area contributed by atoms with E-state index in [1.807, 2.05) is 0 Å². The fraction of sp³-hybridized carbons (Fsp3) is 0.452. The number of nitrogens with zero attached hydrogens (tertiary/aromatic N) is 1. The zero-order valence-electron chi connectivity index (χ0n) is 24.0. The Morgan fingerprint density at radius 3 is 2.36 bits per heavy atom. The Morgan fingerprint density at radius 2 is 1.71 bits per heavy atom. The number of Topliss-reactive ketones (excluding diaryl/α,β-unsaturated/α-hetero) is 2. The van der Waals surface area contributed by atoms with Gasteiger partial charge in [0, 0.05) is 49.4 Å². The molecule has 1 amide bonds. The minimum atomic E-state index is -1.98. The van der Waals surface area contributed by atoms with Gasteiger partial charge in [0.2, 0.25) is 17.3 Å². The van der Waals surface area contributed by atoms with Crippen LogP contribution in [0, 0.1) is 5.92 Å². The molecule has 0 saturated carbocycles. The van der Waals surface area contributed by atoms with Crippen molar-refractivity contribution in [2.24, 2.45) is 5.92 Å². The zero-order chi connectivity index (χ0) is 30.3. The standard InChI is InChI=1S/C31H34ClNO9/c1-16-12-20(35)25(29(37)31(16)30(38)26-22(40-3)15-23(41-4)27(32)28(26)42-31)18(14-24(36)33-10-6-5-7-11-33)17-8-9-19(34)21(13-17)39-2/h8-9,13,15-16,18,34,37H,5-7,10-12,14H2,1-4H3. The first-order valence-electron chi connectivity index (χ1n) is 13.9. The largest absolute Gasteiger partial charge is 0.507 e. The summed E-state index contributed by atoms with van der Waals surface area (Å²) in [6.45, 7) is 2.84. The highest BCUT2D eigenvalue weighted by Gasteiger charge is 2.61. The van der Waals surface area contributed by atoms with Crippen LogP contribution < -0.4 is 18.9 Å². The maximum absolute atomic E-state index is 14.2. The van der Waals surface area contributed by atoms with E-state index in [1.165, 1.54) is 39.5 Å². The first kappa shape index (κ1) is 29.6. The average molecular weight is 600 g/mol. The quantitative estimate of drug-likeness (QED) is 0.451. The highest BCUT2D eigenvalue weighted by atomic mass is 35.5. The summed E-state index contributed by atoms with van der Waals surface area (Å²) in [5, 5.41) is 22.3. The Labute approximate surface area is 248 Å². The Kier molecular flexibility index (Phi) is 8.02. The molecule has 5 rings (SSSR count). The molecule has 0 bridgehead atoms. The number of benzene rings is 2. The monoisotopic (exact) mass is 599 g/mol. The number of aliphatic hydroxyl groups excluding tert-OH is 1. The number of allylic oxidation sites excluding steroid dienone is 1. The molecule has 2 aromatic rings. The predicted molar refractivity (Wildman–Crippen MR) is 153 cm³/mol. The molecule has 1 saturated heterocycles. The van der Waals surface area contributed by atoms with Crippen LogP contribution in [0.3, 0.4) is 0 Å². The van der Waals surface area contributed by atoms with Crippen LogP contribution in [-0.2, 0) is 9.59 Å². The van der Waals surface area contributed by atoms with Crippen LogP contribution in [0.2, 0.25) is 5.02 Å². The molecular weight excluding hydrogens is 566 g/mol. The number of carbonyl (C=O) groups excluding carboxylic acids is 3. The number of likely N-dealkylation sites (tertiary alicyclic amines) is 1. The predicted octanol–water partition coefficient (Wildman–Crippen LogP) is 4.99. The molecule has 224 valence electrons. The van der Waals surface area contributed by atoms with E-state index in [0.29, 0.717) is 18.7 Å². The number of piperidine rings is 1. The van der Waals surface area contributed by atoms with E-state index in [1.54, 1.807) is 17.9 Å². The number of aliphatic hydroxyl groups is 1. The van der Waals surface area contributed by atoms with Crippen molar-refractivity contribution >= 4 is 29.1 Å². The van der Waals surface area contributed by atoms with E-state index < -0.39 is 34.8 Å². The number of ketones is 2. The Hall–Kier alpha value is -3.92. The van der Waals surface area contributed by atoms with Crippen LogP contribution in [0.1, 0.15) is 60.9 Å². The molecule has 1 spiro atoms. The van der Waals surface area contributed by atoms with Gasteiger partial charge in [0.25, 0.3) is 0 Å². The summed E-state index contributed by atoms with van der Waals surface area (Å²) in [7, 11) is 4.18. The van der Waals surface area contributed by atoms with Crippen molar-refractivity contribution in [3.63, 3.8) is 0 Å².